The first kappa shape index (κ1) is 19.0. The van der Waals surface area contributed by atoms with Crippen LogP contribution in [0.15, 0.2) is 45.7 Å². The third-order valence-electron chi connectivity index (χ3n) is 5.82. The fraction of sp³-hybridized carbons (Fsp3) is 0.500. The predicted molar refractivity (Wildman–Crippen MR) is 91.9 cm³/mol. The van der Waals surface area contributed by atoms with Crippen LogP contribution in [0.5, 0.6) is 0 Å². The lowest BCUT2D eigenvalue weighted by Crippen LogP contribution is -2.69. The second-order valence-corrected chi connectivity index (χ2v) is 8.70. The summed E-state index contributed by atoms with van der Waals surface area (Å²) in [5, 5.41) is 20.5. The molecule has 0 radical (unpaired) electrons. The van der Waals surface area contributed by atoms with E-state index in [9.17, 15) is 23.4 Å². The van der Waals surface area contributed by atoms with Gasteiger partial charge < -0.3 is 19.7 Å². The number of methoxy groups -OCH3 is 2. The summed E-state index contributed by atoms with van der Waals surface area (Å²) in [4.78, 5) is 12.0. The number of allylic oxidation sites excluding steroid dienone is 1. The molecule has 2 aliphatic carbocycles. The number of sulfone groups is 1. The van der Waals surface area contributed by atoms with Crippen molar-refractivity contribution < 1.29 is 32.9 Å². The minimum Gasteiger partial charge on any atom is -0.478 e. The summed E-state index contributed by atoms with van der Waals surface area (Å²) in [7, 11) is -1.28. The molecule has 0 spiro atoms. The smallest absolute Gasteiger partial charge is 0.333 e. The van der Waals surface area contributed by atoms with Gasteiger partial charge in [0.05, 0.1) is 26.9 Å². The standard InChI is InChI=1S/C18H22O7S/c1-11(19)18-12(10-17(18,24-2)25-3)9-14(15(18)16(20)21)26(22,23)13-7-5-4-6-8-13/h4-8,11-12,19H,9-10H2,1-3H3,(H,20,21). The van der Waals surface area contributed by atoms with Gasteiger partial charge in [0, 0.05) is 20.6 Å². The van der Waals surface area contributed by atoms with Crippen molar-refractivity contribution in [1.29, 1.82) is 0 Å². The molecule has 2 N–H and O–H groups in total. The van der Waals surface area contributed by atoms with Crippen LogP contribution in [-0.2, 0) is 24.1 Å². The molecule has 3 atom stereocenters. The molecule has 7 nitrogen and oxygen atoms in total. The van der Waals surface area contributed by atoms with E-state index >= 15 is 0 Å². The zero-order valence-electron chi connectivity index (χ0n) is 14.8. The van der Waals surface area contributed by atoms with E-state index < -0.39 is 39.0 Å². The fourth-order valence-corrected chi connectivity index (χ4v) is 6.50. The number of rotatable bonds is 6. The molecule has 1 saturated carbocycles. The van der Waals surface area contributed by atoms with E-state index in [-0.39, 0.29) is 21.8 Å². The van der Waals surface area contributed by atoms with E-state index in [1.54, 1.807) is 18.2 Å². The van der Waals surface area contributed by atoms with Gasteiger partial charge in [-0.15, -0.1) is 0 Å². The van der Waals surface area contributed by atoms with Crippen molar-refractivity contribution >= 4 is 15.8 Å². The van der Waals surface area contributed by atoms with E-state index in [0.29, 0.717) is 6.42 Å². The highest BCUT2D eigenvalue weighted by atomic mass is 32.2. The van der Waals surface area contributed by atoms with Gasteiger partial charge in [0.25, 0.3) is 0 Å². The first-order valence-corrected chi connectivity index (χ1v) is 9.72. The number of aliphatic carboxylic acids is 1. The maximum absolute atomic E-state index is 13.1. The molecule has 26 heavy (non-hydrogen) atoms. The van der Waals surface area contributed by atoms with Crippen molar-refractivity contribution in [3.63, 3.8) is 0 Å². The molecule has 3 rings (SSSR count). The highest BCUT2D eigenvalue weighted by Crippen LogP contribution is 2.69. The molecule has 0 heterocycles. The molecule has 3 unspecified atom stereocenters. The average Bonchev–Trinajstić information content (AvgIpc) is 2.89. The van der Waals surface area contributed by atoms with Crippen LogP contribution in [0.25, 0.3) is 0 Å². The van der Waals surface area contributed by atoms with Gasteiger partial charge in [0.1, 0.15) is 0 Å². The Morgan fingerprint density at radius 1 is 1.23 bits per heavy atom. The molecular weight excluding hydrogens is 360 g/mol. The number of fused-ring (bicyclic) bond motifs is 1. The average molecular weight is 382 g/mol. The van der Waals surface area contributed by atoms with E-state index in [1.165, 1.54) is 33.3 Å². The molecule has 1 fully saturated rings. The number of carboxylic acids is 1. The minimum atomic E-state index is -4.02. The summed E-state index contributed by atoms with van der Waals surface area (Å²) < 4.78 is 37.2. The zero-order chi connectivity index (χ0) is 19.3. The lowest BCUT2D eigenvalue weighted by Gasteiger charge is -2.61. The Balaban J connectivity index is 2.29. The number of carbonyl (C=O) groups is 1. The summed E-state index contributed by atoms with van der Waals surface area (Å²) in [5.41, 5.74) is -1.78. The third-order valence-corrected chi connectivity index (χ3v) is 7.74. The topological polar surface area (TPSA) is 110 Å². The number of aliphatic hydroxyl groups excluding tert-OH is 1. The van der Waals surface area contributed by atoms with Crippen LogP contribution in [0.4, 0.5) is 0 Å². The van der Waals surface area contributed by atoms with Crippen molar-refractivity contribution in [3.05, 3.63) is 40.8 Å². The van der Waals surface area contributed by atoms with Crippen LogP contribution >= 0.6 is 0 Å². The summed E-state index contributed by atoms with van der Waals surface area (Å²) >= 11 is 0. The molecule has 142 valence electrons. The quantitative estimate of drug-likeness (QED) is 0.719. The van der Waals surface area contributed by atoms with Crippen LogP contribution in [0.2, 0.25) is 0 Å². The predicted octanol–water partition coefficient (Wildman–Crippen LogP) is 1.58. The molecule has 0 aliphatic heterocycles. The number of carboxylic acid groups (broad SMARTS) is 1. The van der Waals surface area contributed by atoms with Crippen LogP contribution in [0.3, 0.4) is 0 Å². The van der Waals surface area contributed by atoms with Crippen LogP contribution in [0, 0.1) is 11.3 Å². The van der Waals surface area contributed by atoms with E-state index in [1.807, 2.05) is 0 Å². The Kier molecular flexibility index (Phi) is 4.51. The summed E-state index contributed by atoms with van der Waals surface area (Å²) in [6.07, 6.45) is -0.844. The molecule has 0 saturated heterocycles. The largest absolute Gasteiger partial charge is 0.478 e. The monoisotopic (exact) mass is 382 g/mol. The Morgan fingerprint density at radius 2 is 1.81 bits per heavy atom. The normalized spacial score (nSPS) is 28.4. The highest BCUT2D eigenvalue weighted by molar-refractivity contribution is 7.95. The summed E-state index contributed by atoms with van der Waals surface area (Å²) in [6.45, 7) is 1.44. The van der Waals surface area contributed by atoms with Gasteiger partial charge in [-0.05, 0) is 31.4 Å². The highest BCUT2D eigenvalue weighted by Gasteiger charge is 2.76. The Bertz CT molecular complexity index is 853. The van der Waals surface area contributed by atoms with E-state index in [2.05, 4.69) is 0 Å². The second-order valence-electron chi connectivity index (χ2n) is 6.73. The molecular formula is C18H22O7S. The third kappa shape index (κ3) is 2.16. The van der Waals surface area contributed by atoms with Gasteiger partial charge in [-0.1, -0.05) is 18.2 Å². The fourth-order valence-electron chi connectivity index (χ4n) is 4.76. The lowest BCUT2D eigenvalue weighted by molar-refractivity contribution is -0.358. The maximum Gasteiger partial charge on any atom is 0.333 e. The van der Waals surface area contributed by atoms with Gasteiger partial charge in [-0.2, -0.15) is 0 Å². The Morgan fingerprint density at radius 3 is 2.27 bits per heavy atom. The van der Waals surface area contributed by atoms with Crippen molar-refractivity contribution in [3.8, 4) is 0 Å². The number of ether oxygens (including phenoxy) is 2. The molecule has 1 aromatic carbocycles. The Labute approximate surface area is 152 Å². The van der Waals surface area contributed by atoms with Crippen molar-refractivity contribution in [2.24, 2.45) is 11.3 Å². The van der Waals surface area contributed by atoms with Crippen LogP contribution in [0.1, 0.15) is 19.8 Å². The van der Waals surface area contributed by atoms with Gasteiger partial charge in [-0.25, -0.2) is 13.2 Å². The number of hydrogen-bond donors (Lipinski definition) is 2. The molecule has 2 aliphatic rings. The van der Waals surface area contributed by atoms with Gasteiger partial charge in [-0.3, -0.25) is 0 Å². The van der Waals surface area contributed by atoms with E-state index in [4.69, 9.17) is 9.47 Å². The van der Waals surface area contributed by atoms with Crippen molar-refractivity contribution in [2.75, 3.05) is 14.2 Å². The molecule has 0 bridgehead atoms. The van der Waals surface area contributed by atoms with Gasteiger partial charge >= 0.3 is 5.97 Å². The number of aliphatic hydroxyl groups is 1. The van der Waals surface area contributed by atoms with Crippen molar-refractivity contribution in [2.45, 2.75) is 36.6 Å². The Hall–Kier alpha value is -1.74. The summed E-state index contributed by atoms with van der Waals surface area (Å²) in [5.74, 6) is -3.17. The molecule has 0 aromatic heterocycles. The SMILES string of the molecule is COC1(OC)CC2CC(S(=O)(=O)c3ccccc3)=C(C(=O)O)C21C(C)O. The molecule has 0 amide bonds. The lowest BCUT2D eigenvalue weighted by atomic mass is 9.51. The van der Waals surface area contributed by atoms with Crippen LogP contribution in [-0.4, -0.2) is 50.7 Å². The number of hydrogen-bond acceptors (Lipinski definition) is 6. The van der Waals surface area contributed by atoms with Crippen LogP contribution < -0.4 is 0 Å². The summed E-state index contributed by atoms with van der Waals surface area (Å²) in [6, 6.07) is 7.70. The minimum absolute atomic E-state index is 0.0243. The first-order valence-electron chi connectivity index (χ1n) is 8.24. The van der Waals surface area contributed by atoms with Crippen molar-refractivity contribution in [1.82, 2.24) is 0 Å². The zero-order valence-corrected chi connectivity index (χ0v) is 15.6. The second kappa shape index (κ2) is 6.16. The molecule has 1 aromatic rings. The number of benzene rings is 1. The van der Waals surface area contributed by atoms with Gasteiger partial charge in [0.2, 0.25) is 9.84 Å². The van der Waals surface area contributed by atoms with Gasteiger partial charge in [0.15, 0.2) is 5.79 Å². The van der Waals surface area contributed by atoms with E-state index in [0.717, 1.165) is 0 Å². The molecule has 8 heteroatoms. The maximum atomic E-state index is 13.1. The first-order chi connectivity index (χ1) is 12.2.